The molecule has 2 rings (SSSR count). The third kappa shape index (κ3) is 4.04. The SMILES string of the molecule is CCc1ccc([C@H](C)NC(=O)Cn2cc(F)ccc2=O)cc1. The average molecular weight is 302 g/mol. The summed E-state index contributed by atoms with van der Waals surface area (Å²) in [5.41, 5.74) is 1.81. The minimum Gasteiger partial charge on any atom is -0.348 e. The van der Waals surface area contributed by atoms with Crippen LogP contribution in [-0.4, -0.2) is 10.5 Å². The van der Waals surface area contributed by atoms with Crippen molar-refractivity contribution >= 4 is 5.91 Å². The molecule has 116 valence electrons. The number of carbonyl (C=O) groups excluding carboxylic acids is 1. The number of nitrogens with one attached hydrogen (secondary N) is 1. The molecule has 0 bridgehead atoms. The zero-order valence-corrected chi connectivity index (χ0v) is 12.7. The molecule has 0 spiro atoms. The van der Waals surface area contributed by atoms with Crippen molar-refractivity contribution in [1.29, 1.82) is 0 Å². The molecule has 5 heteroatoms. The van der Waals surface area contributed by atoms with E-state index in [9.17, 15) is 14.0 Å². The molecular formula is C17H19FN2O2. The highest BCUT2D eigenvalue weighted by molar-refractivity contribution is 5.76. The lowest BCUT2D eigenvalue weighted by Crippen LogP contribution is -2.33. The molecule has 1 atom stereocenters. The van der Waals surface area contributed by atoms with E-state index in [0.717, 1.165) is 34.9 Å². The second-order valence-corrected chi connectivity index (χ2v) is 5.20. The number of rotatable bonds is 5. The number of halogens is 1. The zero-order chi connectivity index (χ0) is 16.1. The summed E-state index contributed by atoms with van der Waals surface area (Å²) in [5.74, 6) is -0.879. The molecule has 1 aromatic heterocycles. The highest BCUT2D eigenvalue weighted by Crippen LogP contribution is 2.13. The number of carbonyl (C=O) groups is 1. The Morgan fingerprint density at radius 3 is 2.55 bits per heavy atom. The smallest absolute Gasteiger partial charge is 0.251 e. The van der Waals surface area contributed by atoms with E-state index in [-0.39, 0.29) is 18.5 Å². The van der Waals surface area contributed by atoms with E-state index >= 15 is 0 Å². The monoisotopic (exact) mass is 302 g/mol. The normalized spacial score (nSPS) is 12.0. The second kappa shape index (κ2) is 7.02. The van der Waals surface area contributed by atoms with Gasteiger partial charge < -0.3 is 9.88 Å². The molecule has 0 aliphatic heterocycles. The maximum absolute atomic E-state index is 13.1. The summed E-state index contributed by atoms with van der Waals surface area (Å²) >= 11 is 0. The first-order valence-electron chi connectivity index (χ1n) is 7.23. The molecule has 0 unspecified atom stereocenters. The predicted octanol–water partition coefficient (Wildman–Crippen LogP) is 2.43. The van der Waals surface area contributed by atoms with Crippen LogP contribution in [0.25, 0.3) is 0 Å². The Morgan fingerprint density at radius 2 is 1.91 bits per heavy atom. The lowest BCUT2D eigenvalue weighted by molar-refractivity contribution is -0.122. The Labute approximate surface area is 128 Å². The minimum absolute atomic E-state index is 0.178. The van der Waals surface area contributed by atoms with Gasteiger partial charge in [0.15, 0.2) is 0 Å². The molecule has 1 aromatic carbocycles. The molecule has 2 aromatic rings. The Hall–Kier alpha value is -2.43. The van der Waals surface area contributed by atoms with Crippen molar-refractivity contribution in [1.82, 2.24) is 9.88 Å². The molecule has 0 saturated heterocycles. The van der Waals surface area contributed by atoms with E-state index < -0.39 is 11.4 Å². The summed E-state index contributed by atoms with van der Waals surface area (Å²) < 4.78 is 14.2. The Bertz CT molecular complexity index is 707. The second-order valence-electron chi connectivity index (χ2n) is 5.20. The van der Waals surface area contributed by atoms with Crippen LogP contribution in [0.1, 0.15) is 31.0 Å². The van der Waals surface area contributed by atoms with Crippen molar-refractivity contribution in [3.8, 4) is 0 Å². The number of amides is 1. The number of aromatic nitrogens is 1. The van der Waals surface area contributed by atoms with Gasteiger partial charge >= 0.3 is 0 Å². The highest BCUT2D eigenvalue weighted by Gasteiger charge is 2.11. The van der Waals surface area contributed by atoms with Crippen LogP contribution in [0.4, 0.5) is 4.39 Å². The van der Waals surface area contributed by atoms with Gasteiger partial charge in [0.1, 0.15) is 12.4 Å². The maximum Gasteiger partial charge on any atom is 0.251 e. The van der Waals surface area contributed by atoms with Gasteiger partial charge in [-0.15, -0.1) is 0 Å². The highest BCUT2D eigenvalue weighted by atomic mass is 19.1. The number of benzene rings is 1. The number of hydrogen-bond donors (Lipinski definition) is 1. The average Bonchev–Trinajstić information content (AvgIpc) is 2.51. The van der Waals surface area contributed by atoms with Crippen molar-refractivity contribution in [2.75, 3.05) is 0 Å². The van der Waals surface area contributed by atoms with Gasteiger partial charge in [-0.1, -0.05) is 31.2 Å². The first kappa shape index (κ1) is 15.9. The van der Waals surface area contributed by atoms with E-state index in [1.165, 1.54) is 5.56 Å². The van der Waals surface area contributed by atoms with Crippen molar-refractivity contribution in [2.24, 2.45) is 0 Å². The van der Waals surface area contributed by atoms with Crippen LogP contribution in [0, 0.1) is 5.82 Å². The maximum atomic E-state index is 13.1. The van der Waals surface area contributed by atoms with Crippen LogP contribution < -0.4 is 10.9 Å². The van der Waals surface area contributed by atoms with Crippen LogP contribution in [0.15, 0.2) is 47.4 Å². The van der Waals surface area contributed by atoms with Crippen LogP contribution in [0.5, 0.6) is 0 Å². The first-order chi connectivity index (χ1) is 10.5. The van der Waals surface area contributed by atoms with Gasteiger partial charge in [0.2, 0.25) is 5.91 Å². The quantitative estimate of drug-likeness (QED) is 0.922. The molecule has 0 aliphatic carbocycles. The molecule has 0 radical (unpaired) electrons. The van der Waals surface area contributed by atoms with Crippen LogP contribution >= 0.6 is 0 Å². The van der Waals surface area contributed by atoms with Gasteiger partial charge in [0.25, 0.3) is 5.56 Å². The number of hydrogen-bond acceptors (Lipinski definition) is 2. The Morgan fingerprint density at radius 1 is 1.23 bits per heavy atom. The molecule has 4 nitrogen and oxygen atoms in total. The summed E-state index contributed by atoms with van der Waals surface area (Å²) in [4.78, 5) is 23.5. The van der Waals surface area contributed by atoms with E-state index in [4.69, 9.17) is 0 Å². The molecule has 0 fully saturated rings. The van der Waals surface area contributed by atoms with Crippen molar-refractivity contribution in [3.05, 3.63) is 69.9 Å². The summed E-state index contributed by atoms with van der Waals surface area (Å²) in [6, 6.07) is 9.99. The number of nitrogens with zero attached hydrogens (tertiary/aromatic N) is 1. The lowest BCUT2D eigenvalue weighted by Gasteiger charge is -2.15. The number of aryl methyl sites for hydroxylation is 1. The van der Waals surface area contributed by atoms with Crippen LogP contribution in [0.3, 0.4) is 0 Å². The fourth-order valence-corrected chi connectivity index (χ4v) is 2.19. The molecule has 1 heterocycles. The Balaban J connectivity index is 2.01. The third-order valence-electron chi connectivity index (χ3n) is 3.53. The molecule has 1 amide bonds. The van der Waals surface area contributed by atoms with Crippen LogP contribution in [-0.2, 0) is 17.8 Å². The van der Waals surface area contributed by atoms with Crippen LogP contribution in [0.2, 0.25) is 0 Å². The van der Waals surface area contributed by atoms with Crippen molar-refractivity contribution < 1.29 is 9.18 Å². The summed E-state index contributed by atoms with van der Waals surface area (Å²) in [6.45, 7) is 3.75. The largest absolute Gasteiger partial charge is 0.348 e. The first-order valence-corrected chi connectivity index (χ1v) is 7.23. The van der Waals surface area contributed by atoms with Gasteiger partial charge in [0.05, 0.1) is 6.04 Å². The standard InChI is InChI=1S/C17H19FN2O2/c1-3-13-4-6-14(7-5-13)12(2)19-16(21)11-20-10-15(18)8-9-17(20)22/h4-10,12H,3,11H2,1-2H3,(H,19,21)/t12-/m0/s1. The molecule has 0 aliphatic rings. The fraction of sp³-hybridized carbons (Fsp3) is 0.294. The molecule has 1 N–H and O–H groups in total. The fourth-order valence-electron chi connectivity index (χ4n) is 2.19. The van der Waals surface area contributed by atoms with Gasteiger partial charge in [0, 0.05) is 12.3 Å². The summed E-state index contributed by atoms with van der Waals surface area (Å²) in [6.07, 6.45) is 1.99. The lowest BCUT2D eigenvalue weighted by atomic mass is 10.1. The zero-order valence-electron chi connectivity index (χ0n) is 12.7. The van der Waals surface area contributed by atoms with Gasteiger partial charge in [-0.25, -0.2) is 4.39 Å². The van der Waals surface area contributed by atoms with E-state index in [2.05, 4.69) is 12.2 Å². The molecular weight excluding hydrogens is 283 g/mol. The predicted molar refractivity (Wildman–Crippen MR) is 83.0 cm³/mol. The van der Waals surface area contributed by atoms with E-state index in [1.807, 2.05) is 31.2 Å². The molecule has 22 heavy (non-hydrogen) atoms. The summed E-state index contributed by atoms with van der Waals surface area (Å²) in [5, 5.41) is 2.81. The Kier molecular flexibility index (Phi) is 5.09. The molecule has 0 saturated carbocycles. The van der Waals surface area contributed by atoms with E-state index in [1.54, 1.807) is 0 Å². The third-order valence-corrected chi connectivity index (χ3v) is 3.53. The van der Waals surface area contributed by atoms with Gasteiger partial charge in [-0.3, -0.25) is 9.59 Å². The minimum atomic E-state index is -0.546. The van der Waals surface area contributed by atoms with Gasteiger partial charge in [-0.05, 0) is 30.5 Å². The van der Waals surface area contributed by atoms with Gasteiger partial charge in [-0.2, -0.15) is 0 Å². The van der Waals surface area contributed by atoms with Crippen molar-refractivity contribution in [2.45, 2.75) is 32.9 Å². The van der Waals surface area contributed by atoms with Crippen molar-refractivity contribution in [3.63, 3.8) is 0 Å². The summed E-state index contributed by atoms with van der Waals surface area (Å²) in [7, 11) is 0. The van der Waals surface area contributed by atoms with E-state index in [0.29, 0.717) is 0 Å². The topological polar surface area (TPSA) is 51.1 Å². The number of pyridine rings is 1.